The van der Waals surface area contributed by atoms with Crippen molar-refractivity contribution in [3.8, 4) is 0 Å². The summed E-state index contributed by atoms with van der Waals surface area (Å²) in [7, 11) is 0. The second-order valence-electron chi connectivity index (χ2n) is 1.98. The average molecular weight is 193 g/mol. The zero-order valence-corrected chi connectivity index (χ0v) is 7.69. The van der Waals surface area contributed by atoms with Gasteiger partial charge in [0.15, 0.2) is 0 Å². The molecule has 0 aromatic heterocycles. The van der Waals surface area contributed by atoms with Gasteiger partial charge in [0, 0.05) is 17.3 Å². The van der Waals surface area contributed by atoms with Gasteiger partial charge in [-0.3, -0.25) is 0 Å². The van der Waals surface area contributed by atoms with Gasteiger partial charge < -0.3 is 5.73 Å². The van der Waals surface area contributed by atoms with Crippen LogP contribution in [0.2, 0.25) is 0 Å². The van der Waals surface area contributed by atoms with Gasteiger partial charge in [0.05, 0.1) is 0 Å². The molecule has 0 rings (SSSR count). The lowest BCUT2D eigenvalue weighted by atomic mass is 10.0. The van der Waals surface area contributed by atoms with Crippen molar-refractivity contribution in [2.24, 2.45) is 5.73 Å². The van der Waals surface area contributed by atoms with E-state index in [1.807, 2.05) is 6.92 Å². The van der Waals surface area contributed by atoms with Crippen LogP contribution in [-0.2, 0) is 0 Å². The highest BCUT2D eigenvalue weighted by Crippen LogP contribution is 2.09. The highest BCUT2D eigenvalue weighted by atomic mass is 35.5. The van der Waals surface area contributed by atoms with Crippen LogP contribution >= 0.6 is 35.6 Å². The van der Waals surface area contributed by atoms with Crippen LogP contribution in [0.25, 0.3) is 0 Å². The minimum absolute atomic E-state index is 0. The Balaban J connectivity index is 0. The van der Waals surface area contributed by atoms with Crippen LogP contribution in [0, 0.1) is 0 Å². The quantitative estimate of drug-likeness (QED) is 0.680. The normalized spacial score (nSPS) is 10.7. The molecule has 4 heteroatoms. The first-order valence-electron chi connectivity index (χ1n) is 2.59. The molecule has 0 fully saturated rings. The molecule has 0 bridgehead atoms. The summed E-state index contributed by atoms with van der Waals surface area (Å²) in [5.41, 5.74) is 5.29. The standard InChI is InChI=1S/C5H11Cl2N.ClH/c1-2-5(8,3-6)4-7;/h2-4,8H2,1H3;1H. The first-order chi connectivity index (χ1) is 3.68. The molecule has 58 valence electrons. The van der Waals surface area contributed by atoms with E-state index in [1.54, 1.807) is 0 Å². The first-order valence-corrected chi connectivity index (χ1v) is 3.66. The third kappa shape index (κ3) is 4.26. The number of halogens is 3. The Bertz CT molecular complexity index is 55.0. The summed E-state index contributed by atoms with van der Waals surface area (Å²) in [6.07, 6.45) is 0.833. The molecule has 1 nitrogen and oxygen atoms in total. The fourth-order valence-electron chi connectivity index (χ4n) is 0.225. The molecule has 0 radical (unpaired) electrons. The second kappa shape index (κ2) is 5.60. The van der Waals surface area contributed by atoms with Crippen molar-refractivity contribution in [1.29, 1.82) is 0 Å². The lowest BCUT2D eigenvalue weighted by Gasteiger charge is -2.21. The van der Waals surface area contributed by atoms with Crippen molar-refractivity contribution < 1.29 is 0 Å². The van der Waals surface area contributed by atoms with Gasteiger partial charge in [-0.1, -0.05) is 6.92 Å². The van der Waals surface area contributed by atoms with E-state index in [4.69, 9.17) is 28.9 Å². The molecule has 0 aliphatic carbocycles. The van der Waals surface area contributed by atoms with Crippen LogP contribution in [0.4, 0.5) is 0 Å². The van der Waals surface area contributed by atoms with Gasteiger partial charge in [0.1, 0.15) is 0 Å². The van der Waals surface area contributed by atoms with Gasteiger partial charge in [-0.15, -0.1) is 35.6 Å². The van der Waals surface area contributed by atoms with Gasteiger partial charge in [0.25, 0.3) is 0 Å². The Morgan fingerprint density at radius 2 is 1.67 bits per heavy atom. The van der Waals surface area contributed by atoms with Gasteiger partial charge in [-0.25, -0.2) is 0 Å². The number of rotatable bonds is 3. The van der Waals surface area contributed by atoms with E-state index in [1.165, 1.54) is 0 Å². The number of alkyl halides is 2. The Morgan fingerprint density at radius 3 is 1.67 bits per heavy atom. The summed E-state index contributed by atoms with van der Waals surface area (Å²) in [6.45, 7) is 1.98. The summed E-state index contributed by atoms with van der Waals surface area (Å²) in [5.74, 6) is 0.875. The summed E-state index contributed by atoms with van der Waals surface area (Å²) in [6, 6.07) is 0. The number of hydrogen-bond donors (Lipinski definition) is 1. The van der Waals surface area contributed by atoms with Crippen LogP contribution in [0.5, 0.6) is 0 Å². The van der Waals surface area contributed by atoms with E-state index >= 15 is 0 Å². The molecule has 0 saturated carbocycles. The van der Waals surface area contributed by atoms with Crippen LogP contribution in [-0.4, -0.2) is 17.3 Å². The third-order valence-electron chi connectivity index (χ3n) is 1.24. The van der Waals surface area contributed by atoms with Crippen LogP contribution < -0.4 is 5.73 Å². The van der Waals surface area contributed by atoms with Gasteiger partial charge >= 0.3 is 0 Å². The summed E-state index contributed by atoms with van der Waals surface area (Å²) >= 11 is 11.0. The van der Waals surface area contributed by atoms with Crippen LogP contribution in [0.15, 0.2) is 0 Å². The molecule has 0 unspecified atom stereocenters. The minimum atomic E-state index is -0.344. The van der Waals surface area contributed by atoms with Crippen molar-refractivity contribution in [2.75, 3.05) is 11.8 Å². The van der Waals surface area contributed by atoms with Crippen molar-refractivity contribution in [1.82, 2.24) is 0 Å². The smallest absolute Gasteiger partial charge is 0.0426 e. The fourth-order valence-corrected chi connectivity index (χ4v) is 0.888. The van der Waals surface area contributed by atoms with E-state index in [0.29, 0.717) is 11.8 Å². The predicted octanol–water partition coefficient (Wildman–Crippen LogP) is 1.99. The van der Waals surface area contributed by atoms with Crippen LogP contribution in [0.3, 0.4) is 0 Å². The van der Waals surface area contributed by atoms with Gasteiger partial charge in [-0.2, -0.15) is 0 Å². The minimum Gasteiger partial charge on any atom is -0.323 e. The maximum atomic E-state index is 5.63. The van der Waals surface area contributed by atoms with Gasteiger partial charge in [-0.05, 0) is 6.42 Å². The molecule has 0 aliphatic heterocycles. The molecule has 0 aromatic carbocycles. The molecular weight excluding hydrogens is 180 g/mol. The second-order valence-corrected chi connectivity index (χ2v) is 2.52. The van der Waals surface area contributed by atoms with E-state index < -0.39 is 0 Å². The first kappa shape index (κ1) is 12.5. The van der Waals surface area contributed by atoms with E-state index in [9.17, 15) is 0 Å². The fraction of sp³-hybridized carbons (Fsp3) is 1.00. The Hall–Kier alpha value is 0.830. The molecule has 0 aliphatic rings. The monoisotopic (exact) mass is 191 g/mol. The number of hydrogen-bond acceptors (Lipinski definition) is 1. The number of nitrogens with two attached hydrogens (primary N) is 1. The molecule has 9 heavy (non-hydrogen) atoms. The predicted molar refractivity (Wildman–Crippen MR) is 45.9 cm³/mol. The van der Waals surface area contributed by atoms with Gasteiger partial charge in [0.2, 0.25) is 0 Å². The van der Waals surface area contributed by atoms with Crippen molar-refractivity contribution in [2.45, 2.75) is 18.9 Å². The maximum Gasteiger partial charge on any atom is 0.0426 e. The zero-order valence-electron chi connectivity index (χ0n) is 5.36. The summed E-state index contributed by atoms with van der Waals surface area (Å²) in [4.78, 5) is 0. The summed E-state index contributed by atoms with van der Waals surface area (Å²) in [5, 5.41) is 0. The highest BCUT2D eigenvalue weighted by molar-refractivity contribution is 6.22. The molecule has 2 N–H and O–H groups in total. The lowest BCUT2D eigenvalue weighted by Crippen LogP contribution is -2.42. The van der Waals surface area contributed by atoms with Crippen LogP contribution in [0.1, 0.15) is 13.3 Å². The lowest BCUT2D eigenvalue weighted by molar-refractivity contribution is 0.514. The Labute approximate surface area is 72.3 Å². The SMILES string of the molecule is CCC(N)(CCl)CCl.Cl. The zero-order chi connectivity index (χ0) is 6.62. The molecule has 0 spiro atoms. The molecular formula is C5H12Cl3N. The van der Waals surface area contributed by atoms with E-state index in [-0.39, 0.29) is 17.9 Å². The maximum absolute atomic E-state index is 5.63. The largest absolute Gasteiger partial charge is 0.323 e. The van der Waals surface area contributed by atoms with E-state index in [0.717, 1.165) is 6.42 Å². The Morgan fingerprint density at radius 1 is 1.33 bits per heavy atom. The van der Waals surface area contributed by atoms with E-state index in [2.05, 4.69) is 0 Å². The molecule has 0 amide bonds. The molecule has 0 aromatic rings. The van der Waals surface area contributed by atoms with Crippen molar-refractivity contribution in [3.05, 3.63) is 0 Å². The Kier molecular flexibility index (Phi) is 7.78. The summed E-state index contributed by atoms with van der Waals surface area (Å²) < 4.78 is 0. The average Bonchev–Trinajstić information content (AvgIpc) is 1.87. The van der Waals surface area contributed by atoms with Crippen molar-refractivity contribution >= 4 is 35.6 Å². The highest BCUT2D eigenvalue weighted by Gasteiger charge is 2.18. The molecule has 0 atom stereocenters. The molecule has 0 saturated heterocycles. The topological polar surface area (TPSA) is 26.0 Å². The molecule has 0 heterocycles. The van der Waals surface area contributed by atoms with Crippen molar-refractivity contribution in [3.63, 3.8) is 0 Å². The third-order valence-corrected chi connectivity index (χ3v) is 2.30.